The van der Waals surface area contributed by atoms with Gasteiger partial charge in [-0.1, -0.05) is 0 Å². The van der Waals surface area contributed by atoms with Crippen LogP contribution in [0.2, 0.25) is 0 Å². The summed E-state index contributed by atoms with van der Waals surface area (Å²) in [5.41, 5.74) is -0.772. The number of rotatable bonds is 2. The number of ether oxygens (including phenoxy) is 3. The summed E-state index contributed by atoms with van der Waals surface area (Å²) in [7, 11) is 0. The van der Waals surface area contributed by atoms with Crippen molar-refractivity contribution in [3.05, 3.63) is 27.8 Å². The highest BCUT2D eigenvalue weighted by atomic mass is 16.6. The van der Waals surface area contributed by atoms with Crippen LogP contribution in [0.4, 0.5) is 5.69 Å². The van der Waals surface area contributed by atoms with Gasteiger partial charge in [0.15, 0.2) is 11.5 Å². The fourth-order valence-electron chi connectivity index (χ4n) is 3.18. The molecule has 0 aliphatic carbocycles. The molecule has 2 aliphatic heterocycles. The summed E-state index contributed by atoms with van der Waals surface area (Å²) in [6, 6.07) is 2.67. The van der Waals surface area contributed by atoms with Crippen LogP contribution in [-0.4, -0.2) is 53.7 Å². The molecule has 1 aromatic carbocycles. The molecular formula is C16H20N2O6. The highest BCUT2D eigenvalue weighted by Gasteiger charge is 2.37. The Morgan fingerprint density at radius 3 is 2.50 bits per heavy atom. The van der Waals surface area contributed by atoms with E-state index in [-0.39, 0.29) is 17.4 Å². The lowest BCUT2D eigenvalue weighted by Crippen LogP contribution is -2.53. The van der Waals surface area contributed by atoms with Gasteiger partial charge in [0.05, 0.1) is 22.7 Å². The monoisotopic (exact) mass is 336 g/mol. The van der Waals surface area contributed by atoms with Crippen molar-refractivity contribution in [2.24, 2.45) is 0 Å². The van der Waals surface area contributed by atoms with Gasteiger partial charge < -0.3 is 19.1 Å². The van der Waals surface area contributed by atoms with Crippen LogP contribution in [0.3, 0.4) is 0 Å². The van der Waals surface area contributed by atoms with E-state index in [1.54, 1.807) is 4.90 Å². The number of amides is 1. The van der Waals surface area contributed by atoms with Crippen molar-refractivity contribution in [2.75, 3.05) is 26.3 Å². The zero-order valence-corrected chi connectivity index (χ0v) is 13.9. The summed E-state index contributed by atoms with van der Waals surface area (Å²) in [4.78, 5) is 25.3. The van der Waals surface area contributed by atoms with E-state index in [0.29, 0.717) is 37.8 Å². The van der Waals surface area contributed by atoms with Gasteiger partial charge in [-0.25, -0.2) is 0 Å². The molecule has 1 fully saturated rings. The number of nitrogens with zero attached hydrogens (tertiary/aromatic N) is 2. The van der Waals surface area contributed by atoms with E-state index in [2.05, 4.69) is 0 Å². The van der Waals surface area contributed by atoms with Gasteiger partial charge in [-0.05, 0) is 20.8 Å². The van der Waals surface area contributed by atoms with E-state index in [0.717, 1.165) is 0 Å². The standard InChI is InChI=1S/C16H20N2O6/c1-10-8-17(9-16(2,3)24-10)15(19)11-6-13-14(23-5-4-22-13)7-12(11)18(20)21/h6-7,10H,4-5,8-9H2,1-3H3/t10-/m1/s1. The van der Waals surface area contributed by atoms with Crippen LogP contribution < -0.4 is 9.47 Å². The molecule has 8 nitrogen and oxygen atoms in total. The summed E-state index contributed by atoms with van der Waals surface area (Å²) >= 11 is 0. The van der Waals surface area contributed by atoms with Crippen LogP contribution in [0.5, 0.6) is 11.5 Å². The number of hydrogen-bond donors (Lipinski definition) is 0. The molecule has 1 aromatic rings. The highest BCUT2D eigenvalue weighted by Crippen LogP contribution is 2.37. The van der Waals surface area contributed by atoms with E-state index in [1.165, 1.54) is 12.1 Å². The molecule has 130 valence electrons. The number of morpholine rings is 1. The van der Waals surface area contributed by atoms with Crippen LogP contribution >= 0.6 is 0 Å². The van der Waals surface area contributed by atoms with Crippen molar-refractivity contribution in [3.8, 4) is 11.5 Å². The van der Waals surface area contributed by atoms with Gasteiger partial charge in [-0.15, -0.1) is 0 Å². The lowest BCUT2D eigenvalue weighted by Gasteiger charge is -2.41. The Labute approximate surface area is 139 Å². The second-order valence-corrected chi connectivity index (χ2v) is 6.64. The molecule has 1 amide bonds. The first-order valence-corrected chi connectivity index (χ1v) is 7.82. The molecule has 1 saturated heterocycles. The summed E-state index contributed by atoms with van der Waals surface area (Å²) in [6.45, 7) is 7.07. The number of carbonyl (C=O) groups excluding carboxylic acids is 1. The average Bonchev–Trinajstić information content (AvgIpc) is 2.50. The number of benzene rings is 1. The molecule has 3 rings (SSSR count). The van der Waals surface area contributed by atoms with Gasteiger partial charge in [0.2, 0.25) is 0 Å². The lowest BCUT2D eigenvalue weighted by atomic mass is 10.0. The Morgan fingerprint density at radius 1 is 1.29 bits per heavy atom. The number of nitro groups is 1. The number of fused-ring (bicyclic) bond motifs is 1. The normalized spacial score (nSPS) is 22.1. The Balaban J connectivity index is 1.98. The van der Waals surface area contributed by atoms with Gasteiger partial charge >= 0.3 is 0 Å². The van der Waals surface area contributed by atoms with Crippen LogP contribution in [0.1, 0.15) is 31.1 Å². The van der Waals surface area contributed by atoms with E-state index in [9.17, 15) is 14.9 Å². The van der Waals surface area contributed by atoms with Crippen LogP contribution in [0.25, 0.3) is 0 Å². The molecule has 1 atom stereocenters. The van der Waals surface area contributed by atoms with E-state index in [1.807, 2.05) is 20.8 Å². The maximum absolute atomic E-state index is 12.9. The molecule has 2 aliphatic rings. The number of carbonyl (C=O) groups is 1. The fourth-order valence-corrected chi connectivity index (χ4v) is 3.18. The SMILES string of the molecule is C[C@@H]1CN(C(=O)c2cc3c(cc2[N+](=O)[O-])OCCO3)CC(C)(C)O1. The van der Waals surface area contributed by atoms with E-state index < -0.39 is 16.4 Å². The Morgan fingerprint density at radius 2 is 1.92 bits per heavy atom. The van der Waals surface area contributed by atoms with Gasteiger partial charge in [-0.3, -0.25) is 14.9 Å². The van der Waals surface area contributed by atoms with Crippen molar-refractivity contribution in [1.82, 2.24) is 4.90 Å². The third kappa shape index (κ3) is 3.14. The van der Waals surface area contributed by atoms with Crippen molar-refractivity contribution in [3.63, 3.8) is 0 Å². The van der Waals surface area contributed by atoms with Gasteiger partial charge in [-0.2, -0.15) is 0 Å². The zero-order valence-electron chi connectivity index (χ0n) is 13.9. The van der Waals surface area contributed by atoms with Crippen molar-refractivity contribution < 1.29 is 23.9 Å². The van der Waals surface area contributed by atoms with E-state index in [4.69, 9.17) is 14.2 Å². The topological polar surface area (TPSA) is 91.1 Å². The largest absolute Gasteiger partial charge is 0.486 e. The van der Waals surface area contributed by atoms with Crippen LogP contribution in [0.15, 0.2) is 12.1 Å². The lowest BCUT2D eigenvalue weighted by molar-refractivity contribution is -0.385. The first kappa shape index (κ1) is 16.5. The summed E-state index contributed by atoms with van der Waals surface area (Å²) in [5, 5.41) is 11.4. The predicted octanol–water partition coefficient (Wildman–Crippen LogP) is 2.01. The molecule has 2 heterocycles. The smallest absolute Gasteiger partial charge is 0.286 e. The fraction of sp³-hybridized carbons (Fsp3) is 0.562. The van der Waals surface area contributed by atoms with Crippen molar-refractivity contribution in [2.45, 2.75) is 32.5 Å². The minimum atomic E-state index is -0.569. The average molecular weight is 336 g/mol. The Kier molecular flexibility index (Phi) is 4.08. The van der Waals surface area contributed by atoms with Crippen molar-refractivity contribution >= 4 is 11.6 Å². The molecule has 0 spiro atoms. The molecular weight excluding hydrogens is 316 g/mol. The van der Waals surface area contributed by atoms with Gasteiger partial charge in [0, 0.05) is 19.2 Å². The number of hydrogen-bond acceptors (Lipinski definition) is 6. The quantitative estimate of drug-likeness (QED) is 0.606. The summed E-state index contributed by atoms with van der Waals surface area (Å²) in [6.07, 6.45) is -0.144. The molecule has 0 saturated carbocycles. The van der Waals surface area contributed by atoms with E-state index >= 15 is 0 Å². The molecule has 0 unspecified atom stereocenters. The van der Waals surface area contributed by atoms with Crippen molar-refractivity contribution in [1.29, 1.82) is 0 Å². The maximum Gasteiger partial charge on any atom is 0.286 e. The number of nitro benzene ring substituents is 1. The predicted molar refractivity (Wildman–Crippen MR) is 84.6 cm³/mol. The highest BCUT2D eigenvalue weighted by molar-refractivity contribution is 5.99. The Bertz CT molecular complexity index is 687. The molecule has 8 heteroatoms. The zero-order chi connectivity index (χ0) is 17.5. The first-order valence-electron chi connectivity index (χ1n) is 7.82. The molecule has 0 N–H and O–H groups in total. The Hall–Kier alpha value is -2.35. The molecule has 0 radical (unpaired) electrons. The summed E-state index contributed by atoms with van der Waals surface area (Å²) in [5.74, 6) is 0.248. The second-order valence-electron chi connectivity index (χ2n) is 6.64. The third-order valence-corrected chi connectivity index (χ3v) is 3.94. The third-order valence-electron chi connectivity index (χ3n) is 3.94. The summed E-state index contributed by atoms with van der Waals surface area (Å²) < 4.78 is 16.6. The molecule has 0 aromatic heterocycles. The minimum Gasteiger partial charge on any atom is -0.486 e. The van der Waals surface area contributed by atoms with Crippen LogP contribution in [0, 0.1) is 10.1 Å². The molecule has 24 heavy (non-hydrogen) atoms. The van der Waals surface area contributed by atoms with Crippen LogP contribution in [-0.2, 0) is 4.74 Å². The van der Waals surface area contributed by atoms with Gasteiger partial charge in [0.1, 0.15) is 18.8 Å². The molecule has 0 bridgehead atoms. The first-order chi connectivity index (χ1) is 11.3. The van der Waals surface area contributed by atoms with Gasteiger partial charge in [0.25, 0.3) is 11.6 Å². The maximum atomic E-state index is 12.9. The second kappa shape index (κ2) is 5.94. The minimum absolute atomic E-state index is 0.00847.